The molecule has 0 N–H and O–H groups in total. The number of aromatic nitrogens is 2. The highest BCUT2D eigenvalue weighted by molar-refractivity contribution is 5.43. The molecule has 0 radical (unpaired) electrons. The monoisotopic (exact) mass is 220 g/mol. The molecule has 0 saturated heterocycles. The summed E-state index contributed by atoms with van der Waals surface area (Å²) in [5.74, 6) is 0. The second-order valence-corrected chi connectivity index (χ2v) is 4.93. The Hall–Kier alpha value is -1.38. The normalized spacial score (nSPS) is 12.0. The first-order chi connectivity index (χ1) is 7.51. The van der Waals surface area contributed by atoms with Crippen LogP contribution in [0.5, 0.6) is 0 Å². The molecule has 0 unspecified atom stereocenters. The molecule has 3 nitrogen and oxygen atoms in total. The van der Waals surface area contributed by atoms with Crippen molar-refractivity contribution in [3.05, 3.63) is 30.0 Å². The first kappa shape index (κ1) is 12.7. The van der Waals surface area contributed by atoms with Crippen LogP contribution < -0.4 is 0 Å². The van der Waals surface area contributed by atoms with Gasteiger partial charge in [-0.15, -0.1) is 0 Å². The molecular weight excluding hydrogens is 200 g/mol. The fraction of sp³-hybridized carbons (Fsp3) is 0.538. The van der Waals surface area contributed by atoms with Gasteiger partial charge in [-0.25, -0.2) is 9.97 Å². The van der Waals surface area contributed by atoms with Gasteiger partial charge in [-0.1, -0.05) is 20.8 Å². The van der Waals surface area contributed by atoms with Crippen LogP contribution in [-0.2, 0) is 11.2 Å². The molecule has 1 aromatic rings. The van der Waals surface area contributed by atoms with E-state index >= 15 is 0 Å². The van der Waals surface area contributed by atoms with Crippen LogP contribution in [0.15, 0.2) is 18.7 Å². The molecule has 0 bridgehead atoms. The van der Waals surface area contributed by atoms with Crippen LogP contribution in [0.4, 0.5) is 0 Å². The summed E-state index contributed by atoms with van der Waals surface area (Å²) in [4.78, 5) is 8.43. The molecule has 0 aliphatic heterocycles. The van der Waals surface area contributed by atoms with E-state index in [4.69, 9.17) is 4.74 Å². The second kappa shape index (κ2) is 5.64. The fourth-order valence-electron chi connectivity index (χ4n) is 1.36. The lowest BCUT2D eigenvalue weighted by molar-refractivity contribution is 0.272. The molecule has 0 aliphatic rings. The Morgan fingerprint density at radius 2 is 2.06 bits per heavy atom. The summed E-state index contributed by atoms with van der Waals surface area (Å²) >= 11 is 0. The summed E-state index contributed by atoms with van der Waals surface area (Å²) in [6.07, 6.45) is 6.08. The van der Waals surface area contributed by atoms with Crippen molar-refractivity contribution in [3.63, 3.8) is 0 Å². The summed E-state index contributed by atoms with van der Waals surface area (Å²) in [7, 11) is 0. The standard InChI is InChI=1S/C13H20N2O/c1-5-16-7-6-11-8-12(15-10-14-11)9-13(2,3)4/h6-8,10H,5,9H2,1-4H3. The van der Waals surface area contributed by atoms with Crippen molar-refractivity contribution in [2.75, 3.05) is 6.61 Å². The van der Waals surface area contributed by atoms with Crippen molar-refractivity contribution in [2.45, 2.75) is 34.1 Å². The molecule has 0 saturated carbocycles. The number of hydrogen-bond acceptors (Lipinski definition) is 3. The van der Waals surface area contributed by atoms with Gasteiger partial charge in [0.15, 0.2) is 0 Å². The predicted molar refractivity (Wildman–Crippen MR) is 65.9 cm³/mol. The Bertz CT molecular complexity index is 353. The highest BCUT2D eigenvalue weighted by Crippen LogP contribution is 2.19. The van der Waals surface area contributed by atoms with E-state index in [9.17, 15) is 0 Å². The highest BCUT2D eigenvalue weighted by Gasteiger charge is 2.12. The van der Waals surface area contributed by atoms with Gasteiger partial charge in [-0.05, 0) is 30.9 Å². The van der Waals surface area contributed by atoms with Crippen molar-refractivity contribution >= 4 is 6.08 Å². The quantitative estimate of drug-likeness (QED) is 0.731. The van der Waals surface area contributed by atoms with E-state index in [2.05, 4.69) is 30.7 Å². The summed E-state index contributed by atoms with van der Waals surface area (Å²) < 4.78 is 5.14. The molecule has 0 fully saturated rings. The van der Waals surface area contributed by atoms with Crippen molar-refractivity contribution in [1.29, 1.82) is 0 Å². The van der Waals surface area contributed by atoms with E-state index in [1.807, 2.05) is 19.1 Å². The van der Waals surface area contributed by atoms with Gasteiger partial charge in [-0.2, -0.15) is 0 Å². The first-order valence-corrected chi connectivity index (χ1v) is 5.60. The summed E-state index contributed by atoms with van der Waals surface area (Å²) in [6, 6.07) is 2.00. The SMILES string of the molecule is CCOC=Cc1cc(CC(C)(C)C)ncn1. The molecule has 1 aromatic heterocycles. The molecule has 3 heteroatoms. The van der Waals surface area contributed by atoms with Gasteiger partial charge in [0.2, 0.25) is 0 Å². The van der Waals surface area contributed by atoms with E-state index < -0.39 is 0 Å². The van der Waals surface area contributed by atoms with Crippen molar-refractivity contribution in [2.24, 2.45) is 5.41 Å². The minimum Gasteiger partial charge on any atom is -0.501 e. The third-order valence-electron chi connectivity index (χ3n) is 1.96. The number of ether oxygens (including phenoxy) is 1. The van der Waals surface area contributed by atoms with E-state index in [1.54, 1.807) is 12.6 Å². The van der Waals surface area contributed by atoms with Crippen LogP contribution in [-0.4, -0.2) is 16.6 Å². The maximum Gasteiger partial charge on any atom is 0.116 e. The lowest BCUT2D eigenvalue weighted by Gasteiger charge is -2.17. The molecule has 0 spiro atoms. The lowest BCUT2D eigenvalue weighted by Crippen LogP contribution is -2.10. The summed E-state index contributed by atoms with van der Waals surface area (Å²) in [6.45, 7) is 9.23. The average Bonchev–Trinajstić information content (AvgIpc) is 2.16. The highest BCUT2D eigenvalue weighted by atomic mass is 16.5. The molecule has 0 aliphatic carbocycles. The van der Waals surface area contributed by atoms with Gasteiger partial charge in [0.05, 0.1) is 18.6 Å². The van der Waals surface area contributed by atoms with Crippen molar-refractivity contribution < 1.29 is 4.74 Å². The number of nitrogens with zero attached hydrogens (tertiary/aromatic N) is 2. The van der Waals surface area contributed by atoms with Gasteiger partial charge in [-0.3, -0.25) is 0 Å². The van der Waals surface area contributed by atoms with E-state index in [0.717, 1.165) is 17.8 Å². The molecule has 0 atom stereocenters. The van der Waals surface area contributed by atoms with Crippen LogP contribution >= 0.6 is 0 Å². The molecule has 88 valence electrons. The largest absolute Gasteiger partial charge is 0.501 e. The van der Waals surface area contributed by atoms with Crippen molar-refractivity contribution in [1.82, 2.24) is 9.97 Å². The number of rotatable bonds is 4. The van der Waals surface area contributed by atoms with Gasteiger partial charge in [0.25, 0.3) is 0 Å². The number of hydrogen-bond donors (Lipinski definition) is 0. The van der Waals surface area contributed by atoms with Crippen LogP contribution in [0.25, 0.3) is 6.08 Å². The van der Waals surface area contributed by atoms with Crippen molar-refractivity contribution in [3.8, 4) is 0 Å². The molecule has 1 heterocycles. The molecule has 16 heavy (non-hydrogen) atoms. The predicted octanol–water partition coefficient (Wildman–Crippen LogP) is 3.07. The third-order valence-corrected chi connectivity index (χ3v) is 1.96. The van der Waals surface area contributed by atoms with Gasteiger partial charge >= 0.3 is 0 Å². The maximum atomic E-state index is 5.14. The third kappa shape index (κ3) is 4.91. The first-order valence-electron chi connectivity index (χ1n) is 5.60. The lowest BCUT2D eigenvalue weighted by atomic mass is 9.90. The fourth-order valence-corrected chi connectivity index (χ4v) is 1.36. The Morgan fingerprint density at radius 1 is 1.31 bits per heavy atom. The zero-order valence-corrected chi connectivity index (χ0v) is 10.5. The Kier molecular flexibility index (Phi) is 4.47. The smallest absolute Gasteiger partial charge is 0.116 e. The maximum absolute atomic E-state index is 5.14. The average molecular weight is 220 g/mol. The van der Waals surface area contributed by atoms with E-state index in [0.29, 0.717) is 6.61 Å². The van der Waals surface area contributed by atoms with Crippen LogP contribution in [0.2, 0.25) is 0 Å². The van der Waals surface area contributed by atoms with Gasteiger partial charge in [0, 0.05) is 5.69 Å². The second-order valence-electron chi connectivity index (χ2n) is 4.93. The molecule has 0 aromatic carbocycles. The summed E-state index contributed by atoms with van der Waals surface area (Å²) in [5, 5.41) is 0. The topological polar surface area (TPSA) is 35.0 Å². The Labute approximate surface area is 97.6 Å². The minimum atomic E-state index is 0.245. The van der Waals surface area contributed by atoms with Crippen LogP contribution in [0.3, 0.4) is 0 Å². The Morgan fingerprint density at radius 3 is 2.69 bits per heavy atom. The molecule has 0 amide bonds. The van der Waals surface area contributed by atoms with E-state index in [1.165, 1.54) is 0 Å². The van der Waals surface area contributed by atoms with Gasteiger partial charge in [0.1, 0.15) is 6.33 Å². The van der Waals surface area contributed by atoms with Gasteiger partial charge < -0.3 is 4.74 Å². The van der Waals surface area contributed by atoms with Crippen LogP contribution in [0, 0.1) is 5.41 Å². The molecule has 1 rings (SSSR count). The summed E-state index contributed by atoms with van der Waals surface area (Å²) in [5.41, 5.74) is 2.20. The molecular formula is C13H20N2O. The van der Waals surface area contributed by atoms with E-state index in [-0.39, 0.29) is 5.41 Å². The Balaban J connectivity index is 2.71. The zero-order chi connectivity index (χ0) is 12.0. The zero-order valence-electron chi connectivity index (χ0n) is 10.5. The van der Waals surface area contributed by atoms with Crippen LogP contribution in [0.1, 0.15) is 39.1 Å². The minimum absolute atomic E-state index is 0.245.